The molecule has 0 N–H and O–H groups in total. The molecular formula is C63H36N4O. The maximum absolute atomic E-state index is 7.20. The Hall–Kier alpha value is -9.19. The molecule has 0 spiro atoms. The molecular weight excluding hydrogens is 829 g/mol. The molecule has 3 heterocycles. The van der Waals surface area contributed by atoms with Crippen molar-refractivity contribution in [1.29, 1.82) is 0 Å². The zero-order valence-electron chi connectivity index (χ0n) is 36.5. The summed E-state index contributed by atoms with van der Waals surface area (Å²) in [6.45, 7) is 0. The molecule has 0 atom stereocenters. The molecule has 0 bridgehead atoms. The SMILES string of the molecule is c1ccc2cc(-c3nc(-c4ccc5c(ccc6ccccc65)c4)nc(-c4ccc(-n5c6cc7ccccc7cc6c6ccc7ccccc7c65)c5c4oc4cc6ccccc6cc45)n3)ccc2c1. The minimum Gasteiger partial charge on any atom is -0.455 e. The molecule has 0 aliphatic rings. The number of hydrogen-bond acceptors (Lipinski definition) is 4. The zero-order chi connectivity index (χ0) is 44.5. The lowest BCUT2D eigenvalue weighted by Gasteiger charge is -2.14. The van der Waals surface area contributed by atoms with E-state index < -0.39 is 0 Å². The number of rotatable bonds is 4. The van der Waals surface area contributed by atoms with Crippen LogP contribution >= 0.6 is 0 Å². The van der Waals surface area contributed by atoms with E-state index >= 15 is 0 Å². The predicted molar refractivity (Wildman–Crippen MR) is 283 cm³/mol. The highest BCUT2D eigenvalue weighted by atomic mass is 16.3. The summed E-state index contributed by atoms with van der Waals surface area (Å²) >= 11 is 0. The van der Waals surface area contributed by atoms with Gasteiger partial charge in [-0.15, -0.1) is 0 Å². The normalized spacial score (nSPS) is 12.1. The fraction of sp³-hybridized carbons (Fsp3) is 0. The third-order valence-electron chi connectivity index (χ3n) is 14.1. The second-order valence-electron chi connectivity index (χ2n) is 18.0. The molecule has 15 aromatic rings. The fourth-order valence-electron chi connectivity index (χ4n) is 10.9. The first-order valence-corrected chi connectivity index (χ1v) is 23.1. The van der Waals surface area contributed by atoms with Crippen molar-refractivity contribution >= 4 is 108 Å². The third kappa shape index (κ3) is 5.53. The van der Waals surface area contributed by atoms with Gasteiger partial charge in [0.25, 0.3) is 0 Å². The Labute approximate surface area is 388 Å². The van der Waals surface area contributed by atoms with Gasteiger partial charge in [0.05, 0.1) is 27.7 Å². The van der Waals surface area contributed by atoms with E-state index in [0.29, 0.717) is 17.5 Å². The molecule has 5 nitrogen and oxygen atoms in total. The van der Waals surface area contributed by atoms with Gasteiger partial charge in [0.15, 0.2) is 17.5 Å². The maximum atomic E-state index is 7.20. The summed E-state index contributed by atoms with van der Waals surface area (Å²) in [5.41, 5.74) is 7.43. The van der Waals surface area contributed by atoms with Crippen LogP contribution in [0, 0.1) is 0 Å². The van der Waals surface area contributed by atoms with E-state index in [1.165, 1.54) is 48.5 Å². The maximum Gasteiger partial charge on any atom is 0.167 e. The zero-order valence-corrected chi connectivity index (χ0v) is 36.5. The highest BCUT2D eigenvalue weighted by Crippen LogP contribution is 2.45. The Kier molecular flexibility index (Phi) is 7.72. The second-order valence-corrected chi connectivity index (χ2v) is 18.0. The molecule has 15 rings (SSSR count). The summed E-state index contributed by atoms with van der Waals surface area (Å²) in [7, 11) is 0. The lowest BCUT2D eigenvalue weighted by Crippen LogP contribution is -2.01. The van der Waals surface area contributed by atoms with Crippen LogP contribution < -0.4 is 0 Å². The van der Waals surface area contributed by atoms with Crippen LogP contribution in [0.1, 0.15) is 0 Å². The summed E-state index contributed by atoms with van der Waals surface area (Å²) in [6, 6.07) is 78.2. The van der Waals surface area contributed by atoms with Crippen molar-refractivity contribution in [3.63, 3.8) is 0 Å². The van der Waals surface area contributed by atoms with Crippen LogP contribution in [0.5, 0.6) is 0 Å². The van der Waals surface area contributed by atoms with Crippen molar-refractivity contribution in [1.82, 2.24) is 19.5 Å². The van der Waals surface area contributed by atoms with Gasteiger partial charge in [0, 0.05) is 32.7 Å². The van der Waals surface area contributed by atoms with Gasteiger partial charge in [-0.3, -0.25) is 0 Å². The van der Waals surface area contributed by atoms with Crippen molar-refractivity contribution in [2.75, 3.05) is 0 Å². The van der Waals surface area contributed by atoms with Crippen LogP contribution in [0.3, 0.4) is 0 Å². The number of nitrogens with zero attached hydrogens (tertiary/aromatic N) is 4. The monoisotopic (exact) mass is 864 g/mol. The molecule has 0 unspecified atom stereocenters. The quantitative estimate of drug-likeness (QED) is 0.165. The first-order valence-electron chi connectivity index (χ1n) is 23.1. The second kappa shape index (κ2) is 14.2. The third-order valence-corrected chi connectivity index (χ3v) is 14.1. The molecule has 0 aliphatic heterocycles. The van der Waals surface area contributed by atoms with Crippen molar-refractivity contribution in [3.8, 4) is 39.9 Å². The highest BCUT2D eigenvalue weighted by molar-refractivity contribution is 6.23. The van der Waals surface area contributed by atoms with Crippen LogP contribution in [-0.4, -0.2) is 19.5 Å². The van der Waals surface area contributed by atoms with E-state index in [0.717, 1.165) is 82.3 Å². The van der Waals surface area contributed by atoms with Gasteiger partial charge < -0.3 is 8.98 Å². The topological polar surface area (TPSA) is 56.7 Å². The van der Waals surface area contributed by atoms with Crippen molar-refractivity contribution in [2.24, 2.45) is 0 Å². The van der Waals surface area contributed by atoms with Crippen LogP contribution in [0.15, 0.2) is 223 Å². The smallest absolute Gasteiger partial charge is 0.167 e. The molecule has 0 radical (unpaired) electrons. The van der Waals surface area contributed by atoms with Gasteiger partial charge in [-0.25, -0.2) is 15.0 Å². The summed E-state index contributed by atoms with van der Waals surface area (Å²) in [4.78, 5) is 16.0. The van der Waals surface area contributed by atoms with E-state index in [2.05, 4.69) is 223 Å². The lowest BCUT2D eigenvalue weighted by atomic mass is 10.00. The first-order chi connectivity index (χ1) is 33.7. The minimum atomic E-state index is 0.538. The van der Waals surface area contributed by atoms with E-state index in [1.54, 1.807) is 0 Å². The summed E-state index contributed by atoms with van der Waals surface area (Å²) in [6.07, 6.45) is 0. The summed E-state index contributed by atoms with van der Waals surface area (Å²) in [5, 5.41) is 18.5. The predicted octanol–water partition coefficient (Wildman–Crippen LogP) is 16.8. The molecule has 0 amide bonds. The van der Waals surface area contributed by atoms with Gasteiger partial charge in [0.1, 0.15) is 11.2 Å². The molecule has 3 aromatic heterocycles. The van der Waals surface area contributed by atoms with Crippen LogP contribution in [0.25, 0.3) is 148 Å². The largest absolute Gasteiger partial charge is 0.455 e. The fourth-order valence-corrected chi connectivity index (χ4v) is 10.9. The van der Waals surface area contributed by atoms with E-state index in [4.69, 9.17) is 19.4 Å². The molecule has 0 saturated carbocycles. The molecule has 68 heavy (non-hydrogen) atoms. The Morgan fingerprint density at radius 1 is 0.324 bits per heavy atom. The molecule has 0 aliphatic carbocycles. The van der Waals surface area contributed by atoms with Gasteiger partial charge in [0.2, 0.25) is 0 Å². The number of furan rings is 1. The van der Waals surface area contributed by atoms with E-state index in [9.17, 15) is 0 Å². The first kappa shape index (κ1) is 37.1. The Balaban J connectivity index is 1.04. The molecule has 12 aromatic carbocycles. The van der Waals surface area contributed by atoms with Gasteiger partial charge in [-0.1, -0.05) is 170 Å². The highest BCUT2D eigenvalue weighted by Gasteiger charge is 2.25. The summed E-state index contributed by atoms with van der Waals surface area (Å²) < 4.78 is 9.67. The number of aromatic nitrogens is 4. The molecule has 0 fully saturated rings. The Morgan fingerprint density at radius 2 is 0.824 bits per heavy atom. The van der Waals surface area contributed by atoms with Crippen LogP contribution in [0.2, 0.25) is 0 Å². The molecule has 0 saturated heterocycles. The Bertz CT molecular complexity index is 4640. The van der Waals surface area contributed by atoms with Crippen molar-refractivity contribution in [2.45, 2.75) is 0 Å². The summed E-state index contributed by atoms with van der Waals surface area (Å²) in [5.74, 6) is 1.72. The Morgan fingerprint density at radius 3 is 1.57 bits per heavy atom. The van der Waals surface area contributed by atoms with E-state index in [-0.39, 0.29) is 0 Å². The van der Waals surface area contributed by atoms with Crippen molar-refractivity contribution < 1.29 is 4.42 Å². The van der Waals surface area contributed by atoms with Gasteiger partial charge in [-0.2, -0.15) is 0 Å². The molecule has 5 heteroatoms. The van der Waals surface area contributed by atoms with Crippen LogP contribution in [0.4, 0.5) is 0 Å². The van der Waals surface area contributed by atoms with E-state index in [1.807, 2.05) is 0 Å². The lowest BCUT2D eigenvalue weighted by molar-refractivity contribution is 0.670. The van der Waals surface area contributed by atoms with Gasteiger partial charge in [-0.05, 0) is 108 Å². The standard InChI is InChI=1S/C63H36N4O/c1-2-14-40-31-46(24-21-37(40)11-1)61-64-62(47-26-27-49-45(32-47)23-22-38-12-7-9-19-48(38)49)66-63(65-61)52-29-30-55(58-54-34-42-16-4-6-18-44(42)36-57(54)68-60(52)58)67-56-35-43-17-5-3-15-41(43)33-53(56)51-28-25-39-13-8-10-20-50(39)59(51)67/h1-36H. The number of hydrogen-bond donors (Lipinski definition) is 0. The minimum absolute atomic E-state index is 0.538. The van der Waals surface area contributed by atoms with Gasteiger partial charge >= 0.3 is 0 Å². The average Bonchev–Trinajstić information content (AvgIpc) is 3.94. The van der Waals surface area contributed by atoms with Crippen molar-refractivity contribution in [3.05, 3.63) is 218 Å². The average molecular weight is 865 g/mol. The molecule has 314 valence electrons. The number of fused-ring (bicyclic) bond motifs is 14. The number of benzene rings is 12. The van der Waals surface area contributed by atoms with Crippen LogP contribution in [-0.2, 0) is 0 Å².